The van der Waals surface area contributed by atoms with Gasteiger partial charge in [-0.2, -0.15) is 0 Å². The fourth-order valence-electron chi connectivity index (χ4n) is 5.03. The summed E-state index contributed by atoms with van der Waals surface area (Å²) in [6, 6.07) is 23.2. The van der Waals surface area contributed by atoms with E-state index in [0.717, 1.165) is 18.8 Å². The van der Waals surface area contributed by atoms with Gasteiger partial charge >= 0.3 is 5.97 Å². The fourth-order valence-corrected chi connectivity index (χ4v) is 5.03. The second-order valence-corrected chi connectivity index (χ2v) is 10.0. The second kappa shape index (κ2) is 14.1. The lowest BCUT2D eigenvalue weighted by atomic mass is 9.92. The average molecular weight is 565 g/mol. The van der Waals surface area contributed by atoms with Gasteiger partial charge in [0.15, 0.2) is 0 Å². The zero-order valence-electron chi connectivity index (χ0n) is 24.0. The molecule has 0 saturated heterocycles. The Kier molecular flexibility index (Phi) is 10.1. The first-order chi connectivity index (χ1) is 20.3. The number of carboxylic acids is 1. The first kappa shape index (κ1) is 30.0. The van der Waals surface area contributed by atoms with Crippen LogP contribution < -0.4 is 16.0 Å². The van der Waals surface area contributed by atoms with Gasteiger partial charge in [-0.05, 0) is 99.2 Å². The SMILES string of the molecule is CCN(CC)c1ccc(NC(=O)c2cccc(C(=O)O)c2)c(-c2cc(C(N)=O)ccn2)c1.c1ccc2c(c1)CCCC2. The zero-order chi connectivity index (χ0) is 30.1. The van der Waals surface area contributed by atoms with Gasteiger partial charge in [0.1, 0.15) is 0 Å². The quantitative estimate of drug-likeness (QED) is 0.234. The lowest BCUT2D eigenvalue weighted by Crippen LogP contribution is -2.22. The van der Waals surface area contributed by atoms with Crippen molar-refractivity contribution < 1.29 is 19.5 Å². The molecular weight excluding hydrogens is 528 g/mol. The van der Waals surface area contributed by atoms with E-state index in [1.807, 2.05) is 26.0 Å². The Hall–Kier alpha value is -4.98. The number of nitrogens with zero attached hydrogens (tertiary/aromatic N) is 2. The van der Waals surface area contributed by atoms with Crippen molar-refractivity contribution >= 4 is 29.2 Å². The number of amides is 2. The van der Waals surface area contributed by atoms with E-state index in [9.17, 15) is 19.5 Å². The van der Waals surface area contributed by atoms with Crippen molar-refractivity contribution in [2.75, 3.05) is 23.3 Å². The van der Waals surface area contributed by atoms with Crippen molar-refractivity contribution in [1.82, 2.24) is 4.98 Å². The van der Waals surface area contributed by atoms with Crippen molar-refractivity contribution in [2.24, 2.45) is 5.73 Å². The van der Waals surface area contributed by atoms with Gasteiger partial charge in [0.05, 0.1) is 16.9 Å². The number of benzene rings is 3. The number of carboxylic acid groups (broad SMARTS) is 1. The summed E-state index contributed by atoms with van der Waals surface area (Å²) in [6.45, 7) is 5.66. The molecule has 4 N–H and O–H groups in total. The number of carbonyl (C=O) groups is 3. The number of hydrogen-bond acceptors (Lipinski definition) is 5. The number of anilines is 2. The van der Waals surface area contributed by atoms with Crippen molar-refractivity contribution in [2.45, 2.75) is 39.5 Å². The first-order valence-electron chi connectivity index (χ1n) is 14.2. The fraction of sp³-hybridized carbons (Fsp3) is 0.235. The number of carbonyl (C=O) groups excluding carboxylic acids is 2. The summed E-state index contributed by atoms with van der Waals surface area (Å²) >= 11 is 0. The highest BCUT2D eigenvalue weighted by molar-refractivity contribution is 6.07. The van der Waals surface area contributed by atoms with Crippen LogP contribution in [-0.4, -0.2) is 41.0 Å². The molecule has 3 aromatic carbocycles. The van der Waals surface area contributed by atoms with Crippen LogP contribution in [0, 0.1) is 0 Å². The molecule has 42 heavy (non-hydrogen) atoms. The topological polar surface area (TPSA) is 126 Å². The van der Waals surface area contributed by atoms with E-state index in [-0.39, 0.29) is 11.1 Å². The van der Waals surface area contributed by atoms with E-state index in [2.05, 4.69) is 39.5 Å². The van der Waals surface area contributed by atoms with Crippen LogP contribution in [0.25, 0.3) is 11.3 Å². The Bertz CT molecular complexity index is 1550. The molecule has 1 aliphatic rings. The number of nitrogens with one attached hydrogen (secondary N) is 1. The Morgan fingerprint density at radius 1 is 0.833 bits per heavy atom. The van der Waals surface area contributed by atoms with Crippen LogP contribution in [0.2, 0.25) is 0 Å². The number of pyridine rings is 1. The van der Waals surface area contributed by atoms with E-state index >= 15 is 0 Å². The number of aromatic carboxylic acids is 1. The molecule has 2 amide bonds. The minimum Gasteiger partial charge on any atom is -0.478 e. The molecule has 8 heteroatoms. The smallest absolute Gasteiger partial charge is 0.335 e. The minimum atomic E-state index is -1.11. The van der Waals surface area contributed by atoms with E-state index in [4.69, 9.17) is 5.73 Å². The molecule has 0 atom stereocenters. The molecule has 0 radical (unpaired) electrons. The third-order valence-electron chi connectivity index (χ3n) is 7.33. The second-order valence-electron chi connectivity index (χ2n) is 10.0. The van der Waals surface area contributed by atoms with Gasteiger partial charge in [-0.1, -0.05) is 30.3 Å². The lowest BCUT2D eigenvalue weighted by molar-refractivity contribution is 0.0696. The molecule has 1 heterocycles. The number of fused-ring (bicyclic) bond motifs is 1. The predicted octanol–water partition coefficient (Wildman–Crippen LogP) is 6.21. The van der Waals surface area contributed by atoms with Crippen molar-refractivity contribution in [3.63, 3.8) is 0 Å². The molecule has 0 fully saturated rings. The summed E-state index contributed by atoms with van der Waals surface area (Å²) in [5, 5.41) is 12.0. The number of aryl methyl sites for hydroxylation is 2. The van der Waals surface area contributed by atoms with Crippen LogP contribution in [0.5, 0.6) is 0 Å². The lowest BCUT2D eigenvalue weighted by Gasteiger charge is -2.23. The summed E-state index contributed by atoms with van der Waals surface area (Å²) in [7, 11) is 0. The minimum absolute atomic E-state index is 0.0191. The third-order valence-corrected chi connectivity index (χ3v) is 7.33. The van der Waals surface area contributed by atoms with Gasteiger partial charge in [-0.25, -0.2) is 4.79 Å². The summed E-state index contributed by atoms with van der Waals surface area (Å²) in [4.78, 5) is 42.3. The normalized spacial score (nSPS) is 11.9. The van der Waals surface area contributed by atoms with E-state index in [0.29, 0.717) is 22.5 Å². The molecule has 0 spiro atoms. The zero-order valence-corrected chi connectivity index (χ0v) is 24.0. The number of rotatable bonds is 8. The summed E-state index contributed by atoms with van der Waals surface area (Å²) in [5.41, 5.74) is 11.6. The highest BCUT2D eigenvalue weighted by atomic mass is 16.4. The van der Waals surface area contributed by atoms with Crippen molar-refractivity contribution in [1.29, 1.82) is 0 Å². The first-order valence-corrected chi connectivity index (χ1v) is 14.2. The van der Waals surface area contributed by atoms with Crippen LogP contribution >= 0.6 is 0 Å². The molecule has 4 aromatic rings. The largest absolute Gasteiger partial charge is 0.478 e. The van der Waals surface area contributed by atoms with E-state index < -0.39 is 17.8 Å². The third kappa shape index (κ3) is 7.40. The van der Waals surface area contributed by atoms with Gasteiger partial charge in [0.25, 0.3) is 5.91 Å². The molecule has 8 nitrogen and oxygen atoms in total. The molecule has 0 saturated carbocycles. The number of aromatic nitrogens is 1. The van der Waals surface area contributed by atoms with Crippen LogP contribution in [-0.2, 0) is 12.8 Å². The van der Waals surface area contributed by atoms with Crippen molar-refractivity contribution in [3.8, 4) is 11.3 Å². The molecule has 1 aliphatic carbocycles. The monoisotopic (exact) mass is 564 g/mol. The molecule has 0 bridgehead atoms. The maximum atomic E-state index is 12.9. The van der Waals surface area contributed by atoms with Crippen LogP contribution in [0.1, 0.15) is 68.9 Å². The van der Waals surface area contributed by atoms with Crippen LogP contribution in [0.4, 0.5) is 11.4 Å². The summed E-state index contributed by atoms with van der Waals surface area (Å²) in [6.07, 6.45) is 6.86. The Balaban J connectivity index is 0.000000337. The molecule has 0 unspecified atom stereocenters. The van der Waals surface area contributed by atoms with Gasteiger partial charge in [0, 0.05) is 41.7 Å². The van der Waals surface area contributed by atoms with Crippen molar-refractivity contribution in [3.05, 3.63) is 113 Å². The van der Waals surface area contributed by atoms with E-state index in [1.54, 1.807) is 23.3 Å². The number of primary amides is 1. The Labute approximate surface area is 246 Å². The molecule has 0 aliphatic heterocycles. The molecule has 216 valence electrons. The standard InChI is InChI=1S/C24H24N4O4.C10H12/c1-3-28(4-2)18-8-9-20(19(14-18)21-13-15(22(25)29)10-11-26-21)27-23(30)16-6-5-7-17(12-16)24(31)32;1-2-6-10-8-4-3-7-9(10)5-1/h5-14H,3-4H2,1-2H3,(H2,25,29)(H,27,30)(H,31,32);1-2,5-6H,3-4,7-8H2. The van der Waals surface area contributed by atoms with Gasteiger partial charge in [-0.15, -0.1) is 0 Å². The maximum absolute atomic E-state index is 12.9. The highest BCUT2D eigenvalue weighted by Gasteiger charge is 2.16. The highest BCUT2D eigenvalue weighted by Crippen LogP contribution is 2.32. The maximum Gasteiger partial charge on any atom is 0.335 e. The summed E-state index contributed by atoms with van der Waals surface area (Å²) < 4.78 is 0. The Morgan fingerprint density at radius 2 is 1.50 bits per heavy atom. The molecule has 1 aromatic heterocycles. The summed E-state index contributed by atoms with van der Waals surface area (Å²) in [5.74, 6) is -2.16. The average Bonchev–Trinajstić information content (AvgIpc) is 3.02. The van der Waals surface area contributed by atoms with E-state index in [1.165, 1.54) is 62.2 Å². The number of nitrogens with two attached hydrogens (primary N) is 1. The van der Waals surface area contributed by atoms with Gasteiger partial charge < -0.3 is 21.1 Å². The predicted molar refractivity (Wildman–Crippen MR) is 166 cm³/mol. The Morgan fingerprint density at radius 3 is 2.12 bits per heavy atom. The van der Waals surface area contributed by atoms with Gasteiger partial charge in [0.2, 0.25) is 5.91 Å². The van der Waals surface area contributed by atoms with Crippen LogP contribution in [0.3, 0.4) is 0 Å². The van der Waals surface area contributed by atoms with Gasteiger partial charge in [-0.3, -0.25) is 14.6 Å². The number of hydrogen-bond donors (Lipinski definition) is 3. The molecule has 5 rings (SSSR count). The molecular formula is C34H36N4O4. The van der Waals surface area contributed by atoms with Crippen LogP contribution in [0.15, 0.2) is 85.1 Å².